The number of aromatic hydroxyl groups is 3. The molecule has 0 spiro atoms. The van der Waals surface area contributed by atoms with E-state index in [0.717, 1.165) is 107 Å². The summed E-state index contributed by atoms with van der Waals surface area (Å²) in [5, 5.41) is 35.2. The maximum atomic E-state index is 11.1. The highest BCUT2D eigenvalue weighted by Crippen LogP contribution is 2.46. The van der Waals surface area contributed by atoms with E-state index in [0.29, 0.717) is 17.2 Å². The van der Waals surface area contributed by atoms with E-state index in [1.165, 1.54) is 41.5 Å². The first kappa shape index (κ1) is 43.8. The largest absolute Gasteiger partial charge is 0.507 e. The van der Waals surface area contributed by atoms with Gasteiger partial charge < -0.3 is 24.8 Å². The van der Waals surface area contributed by atoms with Gasteiger partial charge in [0.15, 0.2) is 6.29 Å². The van der Waals surface area contributed by atoms with Crippen molar-refractivity contribution in [1.82, 2.24) is 0 Å². The summed E-state index contributed by atoms with van der Waals surface area (Å²) in [6, 6.07) is 22.4. The first-order valence-corrected chi connectivity index (χ1v) is 22.2. The third-order valence-corrected chi connectivity index (χ3v) is 14.4. The second-order valence-electron chi connectivity index (χ2n) is 18.3. The molecule has 0 aliphatic heterocycles. The van der Waals surface area contributed by atoms with E-state index in [4.69, 9.17) is 9.47 Å². The minimum absolute atomic E-state index is 0.103. The Labute approximate surface area is 364 Å². The third-order valence-electron chi connectivity index (χ3n) is 14.4. The maximum Gasteiger partial charge on any atom is 0.197 e. The van der Waals surface area contributed by atoms with Crippen LogP contribution in [0.3, 0.4) is 0 Å². The number of rotatable bonds is 10. The Morgan fingerprint density at radius 3 is 1.20 bits per heavy atom. The van der Waals surface area contributed by atoms with Crippen LogP contribution in [0, 0.1) is 83.1 Å². The predicted octanol–water partition coefficient (Wildman–Crippen LogP) is 14.1. The van der Waals surface area contributed by atoms with Crippen LogP contribution in [0.15, 0.2) is 60.7 Å². The van der Waals surface area contributed by atoms with Crippen LogP contribution in [0.4, 0.5) is 0 Å². The SMILES string of the molecule is Cc1cc(C(c2ccc3cc(C(c4cc(C)c(O)c(C)c4C)c4cc(C)c(OC(C)OC5CCCCC5)c(C)c4C)ccc3c2)c2cc(C)c(O)c(C)c2C)c(C)c(C)c1O. The summed E-state index contributed by atoms with van der Waals surface area (Å²) in [5.74, 6) is 1.69. The number of benzene rings is 6. The molecule has 0 bridgehead atoms. The summed E-state index contributed by atoms with van der Waals surface area (Å²) in [6.07, 6.45) is 5.82. The fraction of sp³-hybridized carbons (Fsp3) is 0.393. The quantitative estimate of drug-likeness (QED) is 0.0948. The molecule has 5 nitrogen and oxygen atoms in total. The Bertz CT molecular complexity index is 2600. The van der Waals surface area contributed by atoms with Gasteiger partial charge in [0.05, 0.1) is 6.10 Å². The van der Waals surface area contributed by atoms with Crippen molar-refractivity contribution in [3.8, 4) is 23.0 Å². The van der Waals surface area contributed by atoms with Crippen molar-refractivity contribution in [2.75, 3.05) is 0 Å². The molecule has 0 saturated heterocycles. The zero-order chi connectivity index (χ0) is 44.2. The molecule has 1 saturated carbocycles. The molecular weight excluding hydrogens is 753 g/mol. The van der Waals surface area contributed by atoms with Crippen LogP contribution in [0.5, 0.6) is 23.0 Å². The van der Waals surface area contributed by atoms with Gasteiger partial charge in [0.2, 0.25) is 0 Å². The summed E-state index contributed by atoms with van der Waals surface area (Å²) < 4.78 is 13.0. The smallest absolute Gasteiger partial charge is 0.197 e. The molecule has 2 atom stereocenters. The molecule has 1 aliphatic carbocycles. The van der Waals surface area contributed by atoms with Gasteiger partial charge in [-0.1, -0.05) is 79.9 Å². The molecule has 0 amide bonds. The van der Waals surface area contributed by atoms with Crippen LogP contribution < -0.4 is 4.74 Å². The van der Waals surface area contributed by atoms with Gasteiger partial charge in [0.1, 0.15) is 23.0 Å². The fourth-order valence-corrected chi connectivity index (χ4v) is 10.1. The van der Waals surface area contributed by atoms with Crippen molar-refractivity contribution in [2.24, 2.45) is 0 Å². The second kappa shape index (κ2) is 17.2. The van der Waals surface area contributed by atoms with E-state index in [9.17, 15) is 15.3 Å². The molecule has 1 fully saturated rings. The molecule has 3 N–H and O–H groups in total. The molecule has 6 aromatic carbocycles. The molecule has 5 heteroatoms. The lowest BCUT2D eigenvalue weighted by Crippen LogP contribution is -2.26. The summed E-state index contributed by atoms with van der Waals surface area (Å²) in [7, 11) is 0. The van der Waals surface area contributed by atoms with Crippen molar-refractivity contribution in [2.45, 2.75) is 146 Å². The highest BCUT2D eigenvalue weighted by atomic mass is 16.7. The molecule has 0 aromatic heterocycles. The van der Waals surface area contributed by atoms with Gasteiger partial charge in [-0.15, -0.1) is 0 Å². The molecule has 6 aromatic rings. The van der Waals surface area contributed by atoms with E-state index in [1.54, 1.807) is 0 Å². The van der Waals surface area contributed by atoms with Gasteiger partial charge in [-0.05, 0) is 214 Å². The first-order chi connectivity index (χ1) is 28.9. The van der Waals surface area contributed by atoms with Gasteiger partial charge in [0, 0.05) is 11.8 Å². The Morgan fingerprint density at radius 1 is 0.443 bits per heavy atom. The highest BCUT2D eigenvalue weighted by Gasteiger charge is 2.29. The Morgan fingerprint density at radius 2 is 0.803 bits per heavy atom. The maximum absolute atomic E-state index is 11.1. The number of hydrogen-bond acceptors (Lipinski definition) is 5. The molecule has 1 aliphatic rings. The minimum atomic E-state index is -0.340. The fourth-order valence-electron chi connectivity index (χ4n) is 10.1. The van der Waals surface area contributed by atoms with Crippen molar-refractivity contribution in [3.63, 3.8) is 0 Å². The molecular formula is C56H66O5. The van der Waals surface area contributed by atoms with Crippen molar-refractivity contribution < 1.29 is 24.8 Å². The van der Waals surface area contributed by atoms with Crippen molar-refractivity contribution in [3.05, 3.63) is 161 Å². The summed E-state index contributed by atoms with van der Waals surface area (Å²) in [5.41, 5.74) is 18.8. The lowest BCUT2D eigenvalue weighted by atomic mass is 9.76. The predicted molar refractivity (Wildman–Crippen MR) is 251 cm³/mol. The van der Waals surface area contributed by atoms with Crippen LogP contribution in [0.25, 0.3) is 10.8 Å². The van der Waals surface area contributed by atoms with Gasteiger partial charge >= 0.3 is 0 Å². The number of phenols is 3. The summed E-state index contributed by atoms with van der Waals surface area (Å²) >= 11 is 0. The molecule has 7 rings (SSSR count). The summed E-state index contributed by atoms with van der Waals surface area (Å²) in [4.78, 5) is 0. The van der Waals surface area contributed by atoms with Crippen LogP contribution in [-0.4, -0.2) is 27.7 Å². The Balaban J connectivity index is 1.37. The highest BCUT2D eigenvalue weighted by molar-refractivity contribution is 5.85. The van der Waals surface area contributed by atoms with E-state index in [1.807, 2.05) is 48.5 Å². The van der Waals surface area contributed by atoms with Crippen LogP contribution in [-0.2, 0) is 4.74 Å². The topological polar surface area (TPSA) is 79.2 Å². The molecule has 0 heterocycles. The average molecular weight is 819 g/mol. The van der Waals surface area contributed by atoms with Crippen LogP contribution in [0.1, 0.15) is 151 Å². The third kappa shape index (κ3) is 8.14. The Kier molecular flexibility index (Phi) is 12.4. The normalized spacial score (nSPS) is 14.5. The second-order valence-corrected chi connectivity index (χ2v) is 18.3. The molecule has 320 valence electrons. The standard InChI is InChI=1S/C56H66O5/c1-29-23-47(33(5)37(9)53(29)57)51(48-24-30(2)54(58)38(10)34(48)6)44-21-19-43-28-45(22-20-42(43)27-44)52(49-25-31(3)55(59)39(11)35(49)7)50-26-32(4)56(40(12)36(50)8)61-41(13)60-46-17-15-14-16-18-46/h19-28,41,46,51-52,57-59H,14-18H2,1-13H3. The number of ether oxygens (including phenoxy) is 2. The van der Waals surface area contributed by atoms with E-state index in [2.05, 4.69) is 102 Å². The molecule has 0 radical (unpaired) electrons. The van der Waals surface area contributed by atoms with Gasteiger partial charge in [-0.2, -0.15) is 0 Å². The zero-order valence-corrected chi connectivity index (χ0v) is 38.8. The van der Waals surface area contributed by atoms with Crippen LogP contribution in [0.2, 0.25) is 0 Å². The first-order valence-electron chi connectivity index (χ1n) is 22.2. The Hall–Kier alpha value is -5.26. The minimum Gasteiger partial charge on any atom is -0.507 e. The molecule has 61 heavy (non-hydrogen) atoms. The monoisotopic (exact) mass is 818 g/mol. The molecule has 2 unspecified atom stereocenters. The average Bonchev–Trinajstić information content (AvgIpc) is 3.24. The van der Waals surface area contributed by atoms with Crippen molar-refractivity contribution in [1.29, 1.82) is 0 Å². The zero-order valence-electron chi connectivity index (χ0n) is 38.8. The van der Waals surface area contributed by atoms with Crippen molar-refractivity contribution >= 4 is 10.8 Å². The summed E-state index contributed by atoms with van der Waals surface area (Å²) in [6.45, 7) is 26.8. The van der Waals surface area contributed by atoms with Gasteiger partial charge in [-0.3, -0.25) is 0 Å². The van der Waals surface area contributed by atoms with E-state index >= 15 is 0 Å². The lowest BCUT2D eigenvalue weighted by Gasteiger charge is -2.29. The van der Waals surface area contributed by atoms with E-state index in [-0.39, 0.29) is 24.2 Å². The van der Waals surface area contributed by atoms with Gasteiger partial charge in [-0.25, -0.2) is 0 Å². The number of phenolic OH excluding ortho intramolecular Hbond substituents is 3. The van der Waals surface area contributed by atoms with E-state index < -0.39 is 0 Å². The number of fused-ring (bicyclic) bond motifs is 1. The number of aryl methyl sites for hydroxylation is 4. The lowest BCUT2D eigenvalue weighted by molar-refractivity contribution is -0.117. The number of hydrogen-bond donors (Lipinski definition) is 3. The van der Waals surface area contributed by atoms with Gasteiger partial charge in [0.25, 0.3) is 0 Å². The van der Waals surface area contributed by atoms with Crippen LogP contribution >= 0.6 is 0 Å².